The molecule has 0 atom stereocenters. The van der Waals surface area contributed by atoms with Gasteiger partial charge >= 0.3 is 6.09 Å². The molecule has 12 nitrogen and oxygen atoms in total. The summed E-state index contributed by atoms with van der Waals surface area (Å²) < 4.78 is 61.5. The van der Waals surface area contributed by atoms with Crippen LogP contribution in [0.5, 0.6) is 0 Å². The summed E-state index contributed by atoms with van der Waals surface area (Å²) in [5.74, 6) is 0. The summed E-state index contributed by atoms with van der Waals surface area (Å²) in [4.78, 5) is 16.6. The van der Waals surface area contributed by atoms with Crippen LogP contribution in [-0.4, -0.2) is 94.4 Å². The van der Waals surface area contributed by atoms with Crippen molar-refractivity contribution in [3.63, 3.8) is 0 Å². The van der Waals surface area contributed by atoms with Gasteiger partial charge in [-0.15, -0.1) is 12.4 Å². The highest BCUT2D eigenvalue weighted by molar-refractivity contribution is 8.00. The quantitative estimate of drug-likeness (QED) is 0.179. The third kappa shape index (κ3) is 13.1. The molecule has 4 aromatic carbocycles. The Morgan fingerprint density at radius 2 is 1.12 bits per heavy atom. The van der Waals surface area contributed by atoms with Crippen molar-refractivity contribution in [2.24, 2.45) is 0 Å². The number of amides is 1. The zero-order chi connectivity index (χ0) is 43.1. The summed E-state index contributed by atoms with van der Waals surface area (Å²) in [6.45, 7) is 9.99. The first kappa shape index (κ1) is 49.4. The zero-order valence-electron chi connectivity index (χ0n) is 32.9. The number of halogens is 4. The van der Waals surface area contributed by atoms with Gasteiger partial charge < -0.3 is 15.0 Å². The van der Waals surface area contributed by atoms with Gasteiger partial charge in [-0.1, -0.05) is 58.3 Å². The van der Waals surface area contributed by atoms with Crippen molar-refractivity contribution < 1.29 is 26.4 Å². The number of carbonyl (C=O) groups is 1. The van der Waals surface area contributed by atoms with Gasteiger partial charge in [-0.25, -0.2) is 21.6 Å². The Bertz CT molecular complexity index is 2470. The van der Waals surface area contributed by atoms with E-state index >= 15 is 0 Å². The van der Waals surface area contributed by atoms with E-state index in [1.165, 1.54) is 49.2 Å². The Kier molecular flexibility index (Phi) is 17.5. The lowest BCUT2D eigenvalue weighted by Crippen LogP contribution is -2.51. The van der Waals surface area contributed by atoms with Crippen molar-refractivity contribution in [2.75, 3.05) is 52.4 Å². The molecule has 0 saturated carbocycles. The highest BCUT2D eigenvalue weighted by atomic mass is 35.5. The molecule has 0 aliphatic carbocycles. The lowest BCUT2D eigenvalue weighted by molar-refractivity contribution is 0.0192. The number of piperazine rings is 2. The molecule has 0 bridgehead atoms. The van der Waals surface area contributed by atoms with Gasteiger partial charge in [0.05, 0.1) is 33.1 Å². The number of hydrogen-bond acceptors (Lipinski definition) is 11. The Hall–Kier alpha value is -3.23. The molecule has 0 radical (unpaired) electrons. The molecular formula is C40H42Cl4N6O6S4. The molecule has 2 fully saturated rings. The molecule has 6 rings (SSSR count). The molecule has 1 amide bonds. The smallest absolute Gasteiger partial charge is 0.410 e. The van der Waals surface area contributed by atoms with Gasteiger partial charge in [0.15, 0.2) is 0 Å². The fourth-order valence-corrected chi connectivity index (χ4v) is 12.8. The van der Waals surface area contributed by atoms with Crippen LogP contribution in [0.2, 0.25) is 15.1 Å². The SMILES string of the molecule is Cc1cc(Cl)cc(Sc2ccc(C#N)cc2S(=O)(=O)N2CCN(C(=O)OC(C)(C)C)CC2)c1.Cl.N#Cc1ccc(Sc2cc(Cl)cc(Cl)c2)c(S(=O)(=O)N2CCNCC2)c1. The highest BCUT2D eigenvalue weighted by Crippen LogP contribution is 2.38. The highest BCUT2D eigenvalue weighted by Gasteiger charge is 2.34. The fourth-order valence-electron chi connectivity index (χ4n) is 5.93. The fraction of sp³-hybridized carbons (Fsp3) is 0.325. The Balaban J connectivity index is 0.000000267. The standard InChI is InChI=1S/C23H26ClN3O4S2.C17H15Cl2N3O2S2.ClH/c1-16-11-18(24)14-19(12-16)32-20-6-5-17(15-25)13-21(20)33(29,30)27-9-7-26(8-10-27)22(28)31-23(2,3)4;18-13-8-14(19)10-15(9-13)25-16-2-1-12(11-20)7-17(16)26(23,24)22-5-3-21-4-6-22;/h5-6,11-14H,7-10H2,1-4H3;1-2,7-10,21H,3-6H2;1H. The molecule has 2 saturated heterocycles. The molecule has 20 heteroatoms. The van der Waals surface area contributed by atoms with E-state index in [9.17, 15) is 32.2 Å². The molecular weight excluding hydrogens is 931 g/mol. The van der Waals surface area contributed by atoms with E-state index < -0.39 is 31.7 Å². The third-order valence-corrected chi connectivity index (χ3v) is 15.5. The van der Waals surface area contributed by atoms with Gasteiger partial charge in [0.1, 0.15) is 5.60 Å². The zero-order valence-corrected chi connectivity index (χ0v) is 39.3. The first-order chi connectivity index (χ1) is 27.8. The van der Waals surface area contributed by atoms with Gasteiger partial charge in [0.2, 0.25) is 20.0 Å². The largest absolute Gasteiger partial charge is 0.444 e. The van der Waals surface area contributed by atoms with Crippen LogP contribution in [0.3, 0.4) is 0 Å². The number of benzene rings is 4. The van der Waals surface area contributed by atoms with Crippen molar-refractivity contribution in [3.8, 4) is 12.1 Å². The van der Waals surface area contributed by atoms with Crippen molar-refractivity contribution >= 4 is 96.9 Å². The number of nitrogens with one attached hydrogen (secondary N) is 1. The summed E-state index contributed by atoms with van der Waals surface area (Å²) in [6, 6.07) is 23.9. The van der Waals surface area contributed by atoms with Crippen molar-refractivity contribution in [1.29, 1.82) is 10.5 Å². The summed E-state index contributed by atoms with van der Waals surface area (Å²) in [5, 5.41) is 23.2. The minimum Gasteiger partial charge on any atom is -0.444 e. The predicted molar refractivity (Wildman–Crippen MR) is 239 cm³/mol. The lowest BCUT2D eigenvalue weighted by atomic mass is 10.2. The van der Waals surface area contributed by atoms with Crippen LogP contribution in [0.4, 0.5) is 4.79 Å². The van der Waals surface area contributed by atoms with E-state index in [2.05, 4.69) is 5.32 Å². The van der Waals surface area contributed by atoms with Crippen LogP contribution < -0.4 is 5.32 Å². The molecule has 2 aliphatic rings. The summed E-state index contributed by atoms with van der Waals surface area (Å²) in [5.41, 5.74) is 0.893. The number of rotatable bonds is 8. The maximum absolute atomic E-state index is 13.5. The lowest BCUT2D eigenvalue weighted by Gasteiger charge is -2.35. The van der Waals surface area contributed by atoms with Gasteiger partial charge in [0, 0.05) is 87.0 Å². The van der Waals surface area contributed by atoms with Crippen LogP contribution in [0.15, 0.2) is 102 Å². The summed E-state index contributed by atoms with van der Waals surface area (Å²) in [6.07, 6.45) is -0.460. The molecule has 4 aromatic rings. The van der Waals surface area contributed by atoms with Gasteiger partial charge in [0.25, 0.3) is 0 Å². The minimum absolute atomic E-state index is 0. The van der Waals surface area contributed by atoms with E-state index in [-0.39, 0.29) is 53.9 Å². The number of aryl methyl sites for hydroxylation is 1. The minimum atomic E-state index is -3.90. The number of hydrogen-bond donors (Lipinski definition) is 1. The second-order valence-corrected chi connectivity index (χ2v) is 21.7. The van der Waals surface area contributed by atoms with Crippen molar-refractivity contribution in [1.82, 2.24) is 18.8 Å². The summed E-state index contributed by atoms with van der Waals surface area (Å²) in [7, 11) is -7.61. The first-order valence-corrected chi connectivity index (χ1v) is 23.8. The molecule has 0 unspecified atom stereocenters. The second kappa shape index (κ2) is 21.2. The van der Waals surface area contributed by atoms with Crippen LogP contribution in [-0.2, 0) is 24.8 Å². The molecule has 2 aliphatic heterocycles. The van der Waals surface area contributed by atoms with Gasteiger partial charge in [-0.3, -0.25) is 0 Å². The van der Waals surface area contributed by atoms with Gasteiger partial charge in [-0.05, 0) is 106 Å². The number of sulfonamides is 2. The van der Waals surface area contributed by atoms with E-state index in [0.717, 1.165) is 15.4 Å². The number of nitriles is 2. The van der Waals surface area contributed by atoms with E-state index in [1.54, 1.807) is 69.3 Å². The van der Waals surface area contributed by atoms with Crippen LogP contribution in [0, 0.1) is 29.6 Å². The molecule has 320 valence electrons. The molecule has 1 N–H and O–H groups in total. The summed E-state index contributed by atoms with van der Waals surface area (Å²) >= 11 is 20.8. The number of ether oxygens (including phenoxy) is 1. The average Bonchev–Trinajstić information content (AvgIpc) is 3.17. The predicted octanol–water partition coefficient (Wildman–Crippen LogP) is 8.94. The number of nitrogens with zero attached hydrogens (tertiary/aromatic N) is 5. The van der Waals surface area contributed by atoms with Crippen LogP contribution in [0.1, 0.15) is 37.5 Å². The Morgan fingerprint density at radius 3 is 1.55 bits per heavy atom. The van der Waals surface area contributed by atoms with Crippen LogP contribution in [0.25, 0.3) is 0 Å². The Labute approximate surface area is 381 Å². The first-order valence-electron chi connectivity index (χ1n) is 18.2. The maximum Gasteiger partial charge on any atom is 0.410 e. The topological polar surface area (TPSA) is 164 Å². The van der Waals surface area contributed by atoms with Crippen LogP contribution >= 0.6 is 70.7 Å². The number of carbonyl (C=O) groups excluding carboxylic acids is 1. The maximum atomic E-state index is 13.5. The normalized spacial score (nSPS) is 15.1. The van der Waals surface area contributed by atoms with Gasteiger partial charge in [-0.2, -0.15) is 19.1 Å². The van der Waals surface area contributed by atoms with E-state index in [1.807, 2.05) is 31.2 Å². The second-order valence-electron chi connectivity index (χ2n) is 14.3. The molecule has 60 heavy (non-hydrogen) atoms. The van der Waals surface area contributed by atoms with Crippen molar-refractivity contribution in [3.05, 3.63) is 105 Å². The monoisotopic (exact) mass is 970 g/mol. The Morgan fingerprint density at radius 1 is 0.683 bits per heavy atom. The molecule has 0 aromatic heterocycles. The van der Waals surface area contributed by atoms with E-state index in [0.29, 0.717) is 56.6 Å². The molecule has 2 heterocycles. The average molecular weight is 973 g/mol. The molecule has 0 spiro atoms. The van der Waals surface area contributed by atoms with E-state index in [4.69, 9.17) is 39.5 Å². The van der Waals surface area contributed by atoms with Crippen molar-refractivity contribution in [2.45, 2.75) is 62.7 Å². The third-order valence-electron chi connectivity index (χ3n) is 8.65.